The van der Waals surface area contributed by atoms with Gasteiger partial charge in [-0.05, 0) is 70.6 Å². The van der Waals surface area contributed by atoms with E-state index in [9.17, 15) is 30.3 Å². The Morgan fingerprint density at radius 2 is 0.811 bits per heavy atom. The van der Waals surface area contributed by atoms with Crippen molar-refractivity contribution in [2.24, 2.45) is 0 Å². The number of carbonyl (C=O) groups excluding carboxylic acids is 1. The lowest BCUT2D eigenvalue weighted by Crippen LogP contribution is -2.60. The summed E-state index contributed by atoms with van der Waals surface area (Å²) in [6, 6.07) is -0.822. The Balaban J connectivity index is 2.12. The number of aliphatic hydroxyl groups is 5. The first-order valence-corrected chi connectivity index (χ1v) is 31.5. The number of allylic oxidation sites excluding steroid dienone is 9. The van der Waals surface area contributed by atoms with Gasteiger partial charge in [0, 0.05) is 6.42 Å². The molecule has 0 aromatic heterocycles. The molecule has 7 atom stereocenters. The van der Waals surface area contributed by atoms with Gasteiger partial charge in [0.25, 0.3) is 0 Å². The molecule has 1 rings (SSSR count). The number of carbonyl (C=O) groups is 1. The molecule has 1 amide bonds. The van der Waals surface area contributed by atoms with Crippen LogP contribution in [-0.2, 0) is 14.3 Å². The molecule has 0 bridgehead atoms. The fraction of sp³-hybridized carbons (Fsp3) is 0.831. The first-order chi connectivity index (χ1) is 36.3. The van der Waals surface area contributed by atoms with Crippen molar-refractivity contribution >= 4 is 5.91 Å². The van der Waals surface area contributed by atoms with Crippen molar-refractivity contribution in [3.63, 3.8) is 0 Å². The van der Waals surface area contributed by atoms with Crippen LogP contribution in [0.4, 0.5) is 0 Å². The van der Waals surface area contributed by atoms with Crippen LogP contribution in [0.5, 0.6) is 0 Å². The fourth-order valence-corrected chi connectivity index (χ4v) is 9.83. The molecule has 1 aliphatic heterocycles. The van der Waals surface area contributed by atoms with E-state index in [1.165, 1.54) is 218 Å². The quantitative estimate of drug-likeness (QED) is 0.0261. The number of aliphatic hydroxyl groups excluding tert-OH is 5. The Bertz CT molecular complexity index is 1350. The van der Waals surface area contributed by atoms with Crippen LogP contribution in [0.2, 0.25) is 0 Å². The topological polar surface area (TPSA) is 149 Å². The van der Waals surface area contributed by atoms with E-state index in [0.717, 1.165) is 51.4 Å². The molecule has 0 aromatic rings. The molecule has 0 saturated carbocycles. The summed E-state index contributed by atoms with van der Waals surface area (Å²) >= 11 is 0. The van der Waals surface area contributed by atoms with Gasteiger partial charge in [0.1, 0.15) is 24.4 Å². The summed E-state index contributed by atoms with van der Waals surface area (Å²) in [5.41, 5.74) is 0. The number of nitrogens with one attached hydrogen (secondary N) is 1. The Morgan fingerprint density at radius 3 is 1.23 bits per heavy atom. The van der Waals surface area contributed by atoms with E-state index in [0.29, 0.717) is 6.42 Å². The number of hydrogen-bond acceptors (Lipinski definition) is 8. The molecule has 0 aliphatic carbocycles. The third-order valence-electron chi connectivity index (χ3n) is 14.8. The first kappa shape index (κ1) is 69.9. The van der Waals surface area contributed by atoms with Crippen LogP contribution < -0.4 is 5.32 Å². The van der Waals surface area contributed by atoms with Gasteiger partial charge in [-0.3, -0.25) is 4.79 Å². The largest absolute Gasteiger partial charge is 0.394 e. The third-order valence-corrected chi connectivity index (χ3v) is 14.8. The van der Waals surface area contributed by atoms with Crippen molar-refractivity contribution in [3.05, 3.63) is 60.8 Å². The van der Waals surface area contributed by atoms with Gasteiger partial charge in [0.05, 0.1) is 25.4 Å². The Labute approximate surface area is 456 Å². The summed E-state index contributed by atoms with van der Waals surface area (Å²) in [6.45, 7) is 3.77. The van der Waals surface area contributed by atoms with Gasteiger partial charge in [-0.2, -0.15) is 0 Å². The van der Waals surface area contributed by atoms with Gasteiger partial charge < -0.3 is 40.3 Å². The first-order valence-electron chi connectivity index (χ1n) is 31.5. The lowest BCUT2D eigenvalue weighted by molar-refractivity contribution is -0.302. The highest BCUT2D eigenvalue weighted by Gasteiger charge is 2.44. The van der Waals surface area contributed by atoms with E-state index < -0.39 is 49.5 Å². The monoisotopic (exact) mass is 1040 g/mol. The van der Waals surface area contributed by atoms with Crippen LogP contribution in [0.25, 0.3) is 0 Å². The second-order valence-corrected chi connectivity index (χ2v) is 21.8. The van der Waals surface area contributed by atoms with Gasteiger partial charge in [0.15, 0.2) is 6.29 Å². The molecule has 7 unspecified atom stereocenters. The van der Waals surface area contributed by atoms with Gasteiger partial charge in [-0.25, -0.2) is 0 Å². The number of rotatable bonds is 54. The number of amides is 1. The average Bonchev–Trinajstić information content (AvgIpc) is 3.40. The molecule has 0 spiro atoms. The van der Waals surface area contributed by atoms with Crippen molar-refractivity contribution < 1.29 is 39.8 Å². The van der Waals surface area contributed by atoms with E-state index in [-0.39, 0.29) is 12.5 Å². The molecule has 74 heavy (non-hydrogen) atoms. The van der Waals surface area contributed by atoms with Crippen LogP contribution >= 0.6 is 0 Å². The predicted molar refractivity (Wildman–Crippen MR) is 313 cm³/mol. The second kappa shape index (κ2) is 54.3. The normalized spacial score (nSPS) is 19.4. The molecule has 0 radical (unpaired) electrons. The van der Waals surface area contributed by atoms with E-state index in [1.807, 2.05) is 6.08 Å². The summed E-state index contributed by atoms with van der Waals surface area (Å²) in [4.78, 5) is 13.1. The molecule has 1 heterocycles. The third kappa shape index (κ3) is 42.9. The minimum absolute atomic E-state index is 0.184. The zero-order valence-electron chi connectivity index (χ0n) is 48.1. The van der Waals surface area contributed by atoms with Crippen molar-refractivity contribution in [2.75, 3.05) is 13.2 Å². The molecule has 432 valence electrons. The van der Waals surface area contributed by atoms with E-state index in [1.54, 1.807) is 6.08 Å². The Morgan fingerprint density at radius 1 is 0.459 bits per heavy atom. The lowest BCUT2D eigenvalue weighted by Gasteiger charge is -2.40. The summed E-state index contributed by atoms with van der Waals surface area (Å²) in [5, 5.41) is 54.5. The van der Waals surface area contributed by atoms with Gasteiger partial charge in [0.2, 0.25) is 5.91 Å². The smallest absolute Gasteiger partial charge is 0.220 e. The fourth-order valence-electron chi connectivity index (χ4n) is 9.83. The zero-order valence-corrected chi connectivity index (χ0v) is 48.1. The van der Waals surface area contributed by atoms with Crippen LogP contribution in [0, 0.1) is 0 Å². The summed E-state index contributed by atoms with van der Waals surface area (Å²) < 4.78 is 11.3. The number of ether oxygens (including phenoxy) is 2. The molecule has 1 fully saturated rings. The van der Waals surface area contributed by atoms with E-state index >= 15 is 0 Å². The van der Waals surface area contributed by atoms with Crippen molar-refractivity contribution in [1.82, 2.24) is 5.32 Å². The highest BCUT2D eigenvalue weighted by Crippen LogP contribution is 2.23. The predicted octanol–water partition coefficient (Wildman–Crippen LogP) is 16.2. The summed E-state index contributed by atoms with van der Waals surface area (Å²) in [7, 11) is 0. The molecule has 9 heteroatoms. The van der Waals surface area contributed by atoms with Crippen LogP contribution in [-0.4, -0.2) is 87.5 Å². The van der Waals surface area contributed by atoms with Gasteiger partial charge in [-0.15, -0.1) is 0 Å². The molecular weight excluding hydrogens is 923 g/mol. The SMILES string of the molecule is CCCCCCC/C=C\C/C=C\C/C=C\CCCCCCCCCCCCCCCCCCCCCCC(=O)NC(COC1OC(CO)C(O)C(O)C1O)C(O)/C=C/CC/C=C/CCCCCCCCCCCC. The van der Waals surface area contributed by atoms with Gasteiger partial charge >= 0.3 is 0 Å². The standard InChI is InChI=1S/C65H119NO8/c1-3-5-7-9-11-13-15-17-19-21-22-23-24-25-26-27-28-29-30-31-32-33-34-35-36-37-38-39-41-43-45-47-49-51-53-55-61(69)66-58(57-73-65-64(72)63(71)62(70)60(56-67)74-65)59(68)54-52-50-48-46-44-42-40-20-18-16-14-12-10-8-6-4-2/h15,17,21-22,24-25,44,46,52,54,58-60,62-65,67-68,70-72H,3-14,16,18-20,23,26-43,45,47-51,53,55-57H2,1-2H3,(H,66,69)/b17-15-,22-21-,25-24-,46-44+,54-52+. The molecule has 6 N–H and O–H groups in total. The maximum Gasteiger partial charge on any atom is 0.220 e. The average molecular weight is 1040 g/mol. The second-order valence-electron chi connectivity index (χ2n) is 21.8. The summed E-state index contributed by atoms with van der Waals surface area (Å²) in [6.07, 6.45) is 67.4. The minimum Gasteiger partial charge on any atom is -0.394 e. The van der Waals surface area contributed by atoms with Crippen molar-refractivity contribution in [2.45, 2.75) is 333 Å². The van der Waals surface area contributed by atoms with Crippen LogP contribution in [0.1, 0.15) is 290 Å². The van der Waals surface area contributed by atoms with Crippen LogP contribution in [0.3, 0.4) is 0 Å². The Hall–Kier alpha value is -2.11. The molecule has 9 nitrogen and oxygen atoms in total. The zero-order chi connectivity index (χ0) is 53.6. The molecule has 1 aliphatic rings. The van der Waals surface area contributed by atoms with Crippen molar-refractivity contribution in [3.8, 4) is 0 Å². The minimum atomic E-state index is -1.57. The van der Waals surface area contributed by atoms with Gasteiger partial charge in [-0.1, -0.05) is 274 Å². The highest BCUT2D eigenvalue weighted by atomic mass is 16.7. The molecular formula is C65H119NO8. The number of hydrogen-bond donors (Lipinski definition) is 6. The molecule has 0 aromatic carbocycles. The van der Waals surface area contributed by atoms with Crippen molar-refractivity contribution in [1.29, 1.82) is 0 Å². The summed E-state index contributed by atoms with van der Waals surface area (Å²) in [5.74, 6) is -0.184. The lowest BCUT2D eigenvalue weighted by atomic mass is 9.99. The number of unbranched alkanes of at least 4 members (excludes halogenated alkanes) is 36. The maximum atomic E-state index is 13.1. The van der Waals surface area contributed by atoms with E-state index in [2.05, 4.69) is 67.8 Å². The Kier molecular flexibility index (Phi) is 51.3. The van der Waals surface area contributed by atoms with E-state index in [4.69, 9.17) is 9.47 Å². The molecule has 1 saturated heterocycles. The maximum absolute atomic E-state index is 13.1. The highest BCUT2D eigenvalue weighted by molar-refractivity contribution is 5.76. The van der Waals surface area contributed by atoms with Crippen LogP contribution in [0.15, 0.2) is 60.8 Å².